The van der Waals surface area contributed by atoms with E-state index in [1.54, 1.807) is 0 Å². The summed E-state index contributed by atoms with van der Waals surface area (Å²) in [6.07, 6.45) is 8.64. The number of urea groups is 1. The number of hydrogen-bond acceptors (Lipinski definition) is 1. The van der Waals surface area contributed by atoms with Gasteiger partial charge in [0.25, 0.3) is 0 Å². The molecule has 2 rings (SSSR count). The smallest absolute Gasteiger partial charge is 0.317 e. The highest BCUT2D eigenvalue weighted by Gasteiger charge is 2.42. The largest absolute Gasteiger partial charge is 0.338 e. The monoisotopic (exact) mass is 238 g/mol. The van der Waals surface area contributed by atoms with Crippen molar-refractivity contribution in [2.75, 3.05) is 6.54 Å². The van der Waals surface area contributed by atoms with Crippen molar-refractivity contribution in [1.29, 1.82) is 0 Å². The molecular weight excluding hydrogens is 212 g/mol. The standard InChI is InChI=1S/C14H26N2O/c1-3-4-9-15-14(17)16-11(2)10-12-7-5-6-8-13(12)16/h11-13H,3-10H2,1-2H3,(H,15,17). The molecule has 0 aromatic rings. The van der Waals surface area contributed by atoms with E-state index >= 15 is 0 Å². The third-order valence-electron chi connectivity index (χ3n) is 4.39. The molecule has 1 saturated carbocycles. The first-order valence-corrected chi connectivity index (χ1v) is 7.30. The molecule has 98 valence electrons. The zero-order valence-corrected chi connectivity index (χ0v) is 11.2. The molecular formula is C14H26N2O. The highest BCUT2D eigenvalue weighted by Crippen LogP contribution is 2.39. The van der Waals surface area contributed by atoms with E-state index in [1.165, 1.54) is 32.1 Å². The Morgan fingerprint density at radius 3 is 2.88 bits per heavy atom. The van der Waals surface area contributed by atoms with Gasteiger partial charge in [0.1, 0.15) is 0 Å². The normalized spacial score (nSPS) is 32.4. The molecule has 2 aliphatic rings. The van der Waals surface area contributed by atoms with Crippen molar-refractivity contribution < 1.29 is 4.79 Å². The van der Waals surface area contributed by atoms with Crippen LogP contribution >= 0.6 is 0 Å². The Bertz CT molecular complexity index is 267. The van der Waals surface area contributed by atoms with Crippen molar-refractivity contribution in [3.8, 4) is 0 Å². The Morgan fingerprint density at radius 2 is 2.12 bits per heavy atom. The van der Waals surface area contributed by atoms with Gasteiger partial charge in [0, 0.05) is 18.6 Å². The van der Waals surface area contributed by atoms with E-state index < -0.39 is 0 Å². The quantitative estimate of drug-likeness (QED) is 0.753. The lowest BCUT2D eigenvalue weighted by atomic mass is 9.85. The molecule has 0 radical (unpaired) electrons. The minimum atomic E-state index is 0.181. The molecule has 3 unspecified atom stereocenters. The van der Waals surface area contributed by atoms with Crippen molar-refractivity contribution >= 4 is 6.03 Å². The van der Waals surface area contributed by atoms with E-state index in [4.69, 9.17) is 0 Å². The topological polar surface area (TPSA) is 32.3 Å². The zero-order valence-electron chi connectivity index (χ0n) is 11.2. The van der Waals surface area contributed by atoms with Gasteiger partial charge in [-0.15, -0.1) is 0 Å². The van der Waals surface area contributed by atoms with Gasteiger partial charge in [-0.25, -0.2) is 4.79 Å². The predicted molar refractivity (Wildman–Crippen MR) is 70.0 cm³/mol. The summed E-state index contributed by atoms with van der Waals surface area (Å²) in [6.45, 7) is 5.19. The van der Waals surface area contributed by atoms with Crippen LogP contribution in [0, 0.1) is 5.92 Å². The lowest BCUT2D eigenvalue weighted by molar-refractivity contribution is 0.156. The van der Waals surface area contributed by atoms with Crippen LogP contribution in [0.4, 0.5) is 4.79 Å². The van der Waals surface area contributed by atoms with Crippen molar-refractivity contribution in [3.63, 3.8) is 0 Å². The number of likely N-dealkylation sites (tertiary alicyclic amines) is 1. The number of carbonyl (C=O) groups is 1. The highest BCUT2D eigenvalue weighted by molar-refractivity contribution is 5.75. The highest BCUT2D eigenvalue weighted by atomic mass is 16.2. The molecule has 3 nitrogen and oxygen atoms in total. The number of amides is 2. The van der Waals surface area contributed by atoms with Crippen LogP contribution in [-0.4, -0.2) is 29.6 Å². The Labute approximate surface area is 105 Å². The van der Waals surface area contributed by atoms with Gasteiger partial charge in [-0.05, 0) is 38.5 Å². The molecule has 3 atom stereocenters. The van der Waals surface area contributed by atoms with E-state index in [-0.39, 0.29) is 6.03 Å². The number of nitrogens with zero attached hydrogens (tertiary/aromatic N) is 1. The van der Waals surface area contributed by atoms with E-state index in [1.807, 2.05) is 0 Å². The molecule has 2 amide bonds. The minimum Gasteiger partial charge on any atom is -0.338 e. The van der Waals surface area contributed by atoms with Gasteiger partial charge >= 0.3 is 6.03 Å². The number of unbranched alkanes of at least 4 members (excludes halogenated alkanes) is 1. The summed E-state index contributed by atoms with van der Waals surface area (Å²) in [4.78, 5) is 14.3. The van der Waals surface area contributed by atoms with Crippen LogP contribution in [0.3, 0.4) is 0 Å². The second-order valence-corrected chi connectivity index (χ2v) is 5.69. The summed E-state index contributed by atoms with van der Waals surface area (Å²) < 4.78 is 0. The molecule has 1 aliphatic carbocycles. The van der Waals surface area contributed by atoms with E-state index in [0.29, 0.717) is 12.1 Å². The number of carbonyl (C=O) groups excluding carboxylic acids is 1. The predicted octanol–water partition coefficient (Wildman–Crippen LogP) is 3.15. The van der Waals surface area contributed by atoms with Crippen LogP contribution in [-0.2, 0) is 0 Å². The Hall–Kier alpha value is -0.730. The number of fused-ring (bicyclic) bond motifs is 1. The van der Waals surface area contributed by atoms with E-state index in [0.717, 1.165) is 25.3 Å². The summed E-state index contributed by atoms with van der Waals surface area (Å²) in [5.41, 5.74) is 0. The molecule has 0 spiro atoms. The van der Waals surface area contributed by atoms with Gasteiger partial charge in [-0.1, -0.05) is 26.2 Å². The fraction of sp³-hybridized carbons (Fsp3) is 0.929. The summed E-state index contributed by atoms with van der Waals surface area (Å²) in [6, 6.07) is 1.14. The molecule has 0 aromatic heterocycles. The van der Waals surface area contributed by atoms with Gasteiger partial charge in [0.15, 0.2) is 0 Å². The SMILES string of the molecule is CCCCNC(=O)N1C(C)CC2CCCCC21. The average Bonchev–Trinajstić information content (AvgIpc) is 2.65. The molecule has 1 saturated heterocycles. The van der Waals surface area contributed by atoms with Crippen LogP contribution in [0.25, 0.3) is 0 Å². The molecule has 0 aromatic carbocycles. The lowest BCUT2D eigenvalue weighted by Crippen LogP contribution is -2.47. The van der Waals surface area contributed by atoms with Crippen LogP contribution < -0.4 is 5.32 Å². The maximum Gasteiger partial charge on any atom is 0.317 e. The van der Waals surface area contributed by atoms with Crippen LogP contribution in [0.1, 0.15) is 58.8 Å². The van der Waals surface area contributed by atoms with Gasteiger partial charge < -0.3 is 10.2 Å². The van der Waals surface area contributed by atoms with Crippen LogP contribution in [0.2, 0.25) is 0 Å². The Kier molecular flexibility index (Phi) is 4.30. The zero-order chi connectivity index (χ0) is 12.3. The second kappa shape index (κ2) is 5.74. The molecule has 1 heterocycles. The van der Waals surface area contributed by atoms with Gasteiger partial charge in [0.05, 0.1) is 0 Å². The van der Waals surface area contributed by atoms with Gasteiger partial charge in [-0.2, -0.15) is 0 Å². The van der Waals surface area contributed by atoms with Gasteiger partial charge in [0.2, 0.25) is 0 Å². The van der Waals surface area contributed by atoms with Crippen LogP contribution in [0.15, 0.2) is 0 Å². The molecule has 3 heteroatoms. The molecule has 17 heavy (non-hydrogen) atoms. The second-order valence-electron chi connectivity index (χ2n) is 5.69. The molecule has 1 N–H and O–H groups in total. The molecule has 0 bridgehead atoms. The number of rotatable bonds is 3. The fourth-order valence-electron chi connectivity index (χ4n) is 3.52. The third-order valence-corrected chi connectivity index (χ3v) is 4.39. The first-order chi connectivity index (χ1) is 8.24. The average molecular weight is 238 g/mol. The minimum absolute atomic E-state index is 0.181. The summed E-state index contributed by atoms with van der Waals surface area (Å²) in [5.74, 6) is 0.774. The Morgan fingerprint density at radius 1 is 1.35 bits per heavy atom. The number of hydrogen-bond donors (Lipinski definition) is 1. The third kappa shape index (κ3) is 2.75. The van der Waals surface area contributed by atoms with Crippen molar-refractivity contribution in [1.82, 2.24) is 10.2 Å². The molecule has 1 aliphatic heterocycles. The summed E-state index contributed by atoms with van der Waals surface area (Å²) in [5, 5.41) is 3.08. The lowest BCUT2D eigenvalue weighted by Gasteiger charge is -2.33. The van der Waals surface area contributed by atoms with Crippen molar-refractivity contribution in [2.45, 2.75) is 70.9 Å². The first kappa shape index (κ1) is 12.7. The fourth-order valence-corrected chi connectivity index (χ4v) is 3.52. The summed E-state index contributed by atoms with van der Waals surface area (Å²) in [7, 11) is 0. The maximum atomic E-state index is 12.2. The van der Waals surface area contributed by atoms with Crippen molar-refractivity contribution in [2.24, 2.45) is 5.92 Å². The molecule has 2 fully saturated rings. The Balaban J connectivity index is 1.91. The first-order valence-electron chi connectivity index (χ1n) is 7.30. The summed E-state index contributed by atoms with van der Waals surface area (Å²) >= 11 is 0. The van der Waals surface area contributed by atoms with Gasteiger partial charge in [-0.3, -0.25) is 0 Å². The maximum absolute atomic E-state index is 12.2. The van der Waals surface area contributed by atoms with Crippen LogP contribution in [0.5, 0.6) is 0 Å². The van der Waals surface area contributed by atoms with Crippen molar-refractivity contribution in [3.05, 3.63) is 0 Å². The van der Waals surface area contributed by atoms with E-state index in [2.05, 4.69) is 24.1 Å². The number of nitrogens with one attached hydrogen (secondary N) is 1. The van der Waals surface area contributed by atoms with E-state index in [9.17, 15) is 4.79 Å².